The van der Waals surface area contributed by atoms with E-state index in [-0.39, 0.29) is 12.5 Å². The average Bonchev–Trinajstić information content (AvgIpc) is 2.85. The van der Waals surface area contributed by atoms with Gasteiger partial charge in [0.2, 0.25) is 0 Å². The molecule has 0 bridgehead atoms. The molecule has 0 radical (unpaired) electrons. The van der Waals surface area contributed by atoms with Gasteiger partial charge in [0.05, 0.1) is 0 Å². The monoisotopic (exact) mass is 375 g/mol. The molecule has 1 aromatic rings. The highest BCUT2D eigenvalue weighted by Crippen LogP contribution is 2.19. The number of amides is 1. The molecule has 1 aliphatic heterocycles. The molecular formula is C13H14INO4. The Kier molecular flexibility index (Phi) is 4.62. The normalized spacial score (nSPS) is 18.4. The van der Waals surface area contributed by atoms with E-state index in [4.69, 9.17) is 9.84 Å². The summed E-state index contributed by atoms with van der Waals surface area (Å²) in [6.07, 6.45) is 1.25. The predicted molar refractivity (Wildman–Crippen MR) is 77.0 cm³/mol. The zero-order valence-electron chi connectivity index (χ0n) is 10.2. The number of nitrogens with zero attached hydrogens (tertiary/aromatic N) is 1. The van der Waals surface area contributed by atoms with Crippen molar-refractivity contribution in [3.8, 4) is 5.75 Å². The Morgan fingerprint density at radius 2 is 2.26 bits per heavy atom. The molecule has 6 heteroatoms. The van der Waals surface area contributed by atoms with Crippen molar-refractivity contribution in [3.05, 3.63) is 27.8 Å². The number of rotatable bonds is 4. The summed E-state index contributed by atoms with van der Waals surface area (Å²) in [5.41, 5.74) is 0. The molecular weight excluding hydrogens is 361 g/mol. The van der Waals surface area contributed by atoms with Crippen LogP contribution in [0.3, 0.4) is 0 Å². The number of carbonyl (C=O) groups is 2. The number of likely N-dealkylation sites (tertiary alicyclic amines) is 1. The van der Waals surface area contributed by atoms with Crippen molar-refractivity contribution in [1.29, 1.82) is 0 Å². The van der Waals surface area contributed by atoms with Crippen LogP contribution in [0.25, 0.3) is 0 Å². The van der Waals surface area contributed by atoms with Crippen LogP contribution in [0.1, 0.15) is 12.8 Å². The lowest BCUT2D eigenvalue weighted by molar-refractivity contribution is -0.148. The second-order valence-corrected chi connectivity index (χ2v) is 5.58. The van der Waals surface area contributed by atoms with Gasteiger partial charge >= 0.3 is 5.97 Å². The summed E-state index contributed by atoms with van der Waals surface area (Å²) in [7, 11) is 0. The first-order chi connectivity index (χ1) is 9.08. The molecule has 1 N–H and O–H groups in total. The van der Waals surface area contributed by atoms with E-state index in [0.717, 1.165) is 9.99 Å². The highest BCUT2D eigenvalue weighted by atomic mass is 127. The van der Waals surface area contributed by atoms with Crippen LogP contribution in [0.5, 0.6) is 5.75 Å². The lowest BCUT2D eigenvalue weighted by atomic mass is 10.2. The van der Waals surface area contributed by atoms with Crippen LogP contribution in [-0.4, -0.2) is 41.1 Å². The van der Waals surface area contributed by atoms with E-state index in [2.05, 4.69) is 22.6 Å². The molecule has 1 amide bonds. The van der Waals surface area contributed by atoms with Crippen LogP contribution >= 0.6 is 22.6 Å². The maximum Gasteiger partial charge on any atom is 0.326 e. The fraction of sp³-hybridized carbons (Fsp3) is 0.385. The highest BCUT2D eigenvalue weighted by Gasteiger charge is 2.33. The van der Waals surface area contributed by atoms with Crippen LogP contribution in [-0.2, 0) is 9.59 Å². The van der Waals surface area contributed by atoms with Gasteiger partial charge in [-0.3, -0.25) is 4.79 Å². The number of benzene rings is 1. The van der Waals surface area contributed by atoms with Gasteiger partial charge in [-0.15, -0.1) is 0 Å². The molecule has 102 valence electrons. The summed E-state index contributed by atoms with van der Waals surface area (Å²) >= 11 is 2.16. The molecule has 19 heavy (non-hydrogen) atoms. The second kappa shape index (κ2) is 6.23. The Morgan fingerprint density at radius 3 is 2.95 bits per heavy atom. The number of hydrogen-bond acceptors (Lipinski definition) is 3. The van der Waals surface area contributed by atoms with E-state index in [1.54, 1.807) is 6.07 Å². The van der Waals surface area contributed by atoms with Gasteiger partial charge in [0.25, 0.3) is 5.91 Å². The first kappa shape index (κ1) is 14.1. The number of hydrogen-bond donors (Lipinski definition) is 1. The van der Waals surface area contributed by atoms with Crippen LogP contribution in [0, 0.1) is 3.57 Å². The van der Waals surface area contributed by atoms with Gasteiger partial charge in [0.15, 0.2) is 6.61 Å². The number of ether oxygens (including phenoxy) is 1. The first-order valence-corrected chi connectivity index (χ1v) is 7.06. The summed E-state index contributed by atoms with van der Waals surface area (Å²) in [5, 5.41) is 9.02. The highest BCUT2D eigenvalue weighted by molar-refractivity contribution is 14.1. The van der Waals surface area contributed by atoms with Crippen LogP contribution in [0.2, 0.25) is 0 Å². The Morgan fingerprint density at radius 1 is 1.47 bits per heavy atom. The molecule has 0 aliphatic carbocycles. The lowest BCUT2D eigenvalue weighted by Gasteiger charge is -2.21. The third-order valence-electron chi connectivity index (χ3n) is 3.02. The minimum absolute atomic E-state index is 0.121. The Labute approximate surface area is 124 Å². The number of carboxylic acids is 1. The number of halogens is 1. The molecule has 0 saturated carbocycles. The standard InChI is InChI=1S/C13H14INO4/c14-9-3-1-4-10(7-9)19-8-12(16)15-6-2-5-11(15)13(17)18/h1,3-4,7,11H,2,5-6,8H2,(H,17,18). The maximum absolute atomic E-state index is 12.0. The van der Waals surface area contributed by atoms with Gasteiger partial charge in [-0.05, 0) is 53.6 Å². The summed E-state index contributed by atoms with van der Waals surface area (Å²) < 4.78 is 6.42. The summed E-state index contributed by atoms with van der Waals surface area (Å²) in [5.74, 6) is -0.602. The SMILES string of the molecule is O=C(O)C1CCCN1C(=O)COc1cccc(I)c1. The van der Waals surface area contributed by atoms with E-state index in [1.807, 2.05) is 18.2 Å². The topological polar surface area (TPSA) is 66.8 Å². The second-order valence-electron chi connectivity index (χ2n) is 4.33. The molecule has 0 aromatic heterocycles. The van der Waals surface area contributed by atoms with Crippen LogP contribution in [0.4, 0.5) is 0 Å². The van der Waals surface area contributed by atoms with E-state index < -0.39 is 12.0 Å². The van der Waals surface area contributed by atoms with Crippen molar-refractivity contribution in [2.24, 2.45) is 0 Å². The summed E-state index contributed by atoms with van der Waals surface area (Å²) in [6.45, 7) is 0.370. The molecule has 1 aromatic carbocycles. The van der Waals surface area contributed by atoms with Gasteiger partial charge in [0, 0.05) is 10.1 Å². The molecule has 1 aliphatic rings. The van der Waals surface area contributed by atoms with Gasteiger partial charge in [0.1, 0.15) is 11.8 Å². The number of carboxylic acid groups (broad SMARTS) is 1. The largest absolute Gasteiger partial charge is 0.484 e. The van der Waals surface area contributed by atoms with Crippen molar-refractivity contribution < 1.29 is 19.4 Å². The number of carbonyl (C=O) groups excluding carboxylic acids is 1. The van der Waals surface area contributed by atoms with Gasteiger partial charge in [-0.2, -0.15) is 0 Å². The third-order valence-corrected chi connectivity index (χ3v) is 3.69. The zero-order chi connectivity index (χ0) is 13.8. The smallest absolute Gasteiger partial charge is 0.326 e. The lowest BCUT2D eigenvalue weighted by Crippen LogP contribution is -2.42. The minimum atomic E-state index is -0.944. The maximum atomic E-state index is 12.0. The molecule has 1 atom stereocenters. The molecule has 1 fully saturated rings. The third kappa shape index (κ3) is 3.59. The van der Waals surface area contributed by atoms with E-state index in [1.165, 1.54) is 4.90 Å². The predicted octanol–water partition coefficient (Wildman–Crippen LogP) is 1.75. The van der Waals surface area contributed by atoms with E-state index >= 15 is 0 Å². The first-order valence-electron chi connectivity index (χ1n) is 5.98. The molecule has 1 saturated heterocycles. The Balaban J connectivity index is 1.92. The van der Waals surface area contributed by atoms with Crippen molar-refractivity contribution in [2.75, 3.05) is 13.2 Å². The number of aliphatic carboxylic acids is 1. The Hall–Kier alpha value is -1.31. The zero-order valence-corrected chi connectivity index (χ0v) is 12.4. The quantitative estimate of drug-likeness (QED) is 0.815. The van der Waals surface area contributed by atoms with Gasteiger partial charge in [-0.25, -0.2) is 4.79 Å². The summed E-state index contributed by atoms with van der Waals surface area (Å²) in [4.78, 5) is 24.3. The minimum Gasteiger partial charge on any atom is -0.484 e. The molecule has 2 rings (SSSR count). The fourth-order valence-corrected chi connectivity index (χ4v) is 2.62. The van der Waals surface area contributed by atoms with E-state index in [0.29, 0.717) is 18.7 Å². The van der Waals surface area contributed by atoms with Crippen molar-refractivity contribution in [3.63, 3.8) is 0 Å². The fourth-order valence-electron chi connectivity index (χ4n) is 2.11. The van der Waals surface area contributed by atoms with E-state index in [9.17, 15) is 9.59 Å². The van der Waals surface area contributed by atoms with Crippen molar-refractivity contribution in [1.82, 2.24) is 4.90 Å². The molecule has 1 unspecified atom stereocenters. The molecule has 1 heterocycles. The van der Waals surface area contributed by atoms with Crippen molar-refractivity contribution >= 4 is 34.5 Å². The van der Waals surface area contributed by atoms with Crippen LogP contribution < -0.4 is 4.74 Å². The average molecular weight is 375 g/mol. The summed E-state index contributed by atoms with van der Waals surface area (Å²) in [6, 6.07) is 6.67. The van der Waals surface area contributed by atoms with Crippen molar-refractivity contribution in [2.45, 2.75) is 18.9 Å². The van der Waals surface area contributed by atoms with Gasteiger partial charge in [-0.1, -0.05) is 6.07 Å². The Bertz CT molecular complexity index is 491. The molecule has 5 nitrogen and oxygen atoms in total. The van der Waals surface area contributed by atoms with Crippen LogP contribution in [0.15, 0.2) is 24.3 Å². The van der Waals surface area contributed by atoms with Gasteiger partial charge < -0.3 is 14.7 Å². The molecule has 0 spiro atoms.